The van der Waals surface area contributed by atoms with Gasteiger partial charge in [0.25, 0.3) is 0 Å². The summed E-state index contributed by atoms with van der Waals surface area (Å²) in [4.78, 5) is 39.2. The van der Waals surface area contributed by atoms with Crippen molar-refractivity contribution in [3.8, 4) is 0 Å². The van der Waals surface area contributed by atoms with E-state index in [1.807, 2.05) is 32.6 Å². The molecule has 0 bridgehead atoms. The Kier molecular flexibility index (Phi) is 8.94. The Morgan fingerprint density at radius 3 is 2.44 bits per heavy atom. The third-order valence-electron chi connectivity index (χ3n) is 7.21. The molecule has 2 saturated heterocycles. The van der Waals surface area contributed by atoms with Gasteiger partial charge in [-0.05, 0) is 51.2 Å². The van der Waals surface area contributed by atoms with Crippen LogP contribution in [0.2, 0.25) is 0 Å². The largest absolute Gasteiger partial charge is 0.444 e. The van der Waals surface area contributed by atoms with E-state index in [4.69, 9.17) is 15.2 Å². The van der Waals surface area contributed by atoms with Gasteiger partial charge in [-0.25, -0.2) is 14.6 Å². The van der Waals surface area contributed by atoms with E-state index in [0.29, 0.717) is 42.9 Å². The molecule has 1 aromatic rings. The maximum Gasteiger partial charge on any atom is 0.415 e. The highest BCUT2D eigenvalue weighted by Gasteiger charge is 2.33. The Morgan fingerprint density at radius 2 is 1.85 bits per heavy atom. The van der Waals surface area contributed by atoms with Crippen LogP contribution in [0.1, 0.15) is 64.1 Å². The van der Waals surface area contributed by atoms with Crippen LogP contribution in [0.4, 0.5) is 9.59 Å². The van der Waals surface area contributed by atoms with Crippen LogP contribution >= 0.6 is 0 Å². The number of ether oxygens (including phenoxy) is 2. The van der Waals surface area contributed by atoms with Gasteiger partial charge in [0.15, 0.2) is 0 Å². The Balaban J connectivity index is 1.39. The number of hydrogen-bond acceptors (Lipinski definition) is 7. The van der Waals surface area contributed by atoms with Gasteiger partial charge < -0.3 is 20.1 Å². The average Bonchev–Trinajstić information content (AvgIpc) is 3.73. The normalized spacial score (nSPS) is 22.3. The van der Waals surface area contributed by atoms with Crippen LogP contribution in [-0.2, 0) is 16.0 Å². The molecule has 1 aliphatic carbocycles. The molecule has 1 aromatic carbocycles. The summed E-state index contributed by atoms with van der Waals surface area (Å²) < 4.78 is 10.6. The molecule has 1 atom stereocenters. The Labute approximate surface area is 231 Å². The van der Waals surface area contributed by atoms with Crippen molar-refractivity contribution in [3.05, 3.63) is 47.2 Å². The van der Waals surface area contributed by atoms with Gasteiger partial charge >= 0.3 is 12.2 Å². The van der Waals surface area contributed by atoms with E-state index >= 15 is 0 Å². The molecule has 2 amide bonds. The number of aliphatic imine (C=N–C) groups is 2. The number of rotatable bonds is 6. The summed E-state index contributed by atoms with van der Waals surface area (Å²) in [6.07, 6.45) is 4.47. The zero-order valence-corrected chi connectivity index (χ0v) is 23.9. The van der Waals surface area contributed by atoms with Crippen molar-refractivity contribution in [1.82, 2.24) is 14.7 Å². The Hall–Kier alpha value is -3.40. The van der Waals surface area contributed by atoms with E-state index in [-0.39, 0.29) is 12.7 Å². The van der Waals surface area contributed by atoms with Crippen LogP contribution < -0.4 is 5.73 Å². The molecule has 0 aromatic heterocycles. The number of piperazine rings is 1. The molecule has 2 N–H and O–H groups in total. The highest BCUT2D eigenvalue weighted by atomic mass is 16.6. The first kappa shape index (κ1) is 28.6. The number of likely N-dealkylation sites (N-methyl/N-ethyl adjacent to an activating group) is 1. The average molecular weight is 539 g/mol. The fraction of sp³-hybridized carbons (Fsp3) is 0.586. The molecule has 0 radical (unpaired) electrons. The molecular formula is C29H42N6O4. The molecule has 212 valence electrons. The highest BCUT2D eigenvalue weighted by molar-refractivity contribution is 6.12. The minimum absolute atomic E-state index is 0.103. The molecule has 3 aliphatic rings. The number of amidine groups is 2. The zero-order valence-electron chi connectivity index (χ0n) is 23.9. The van der Waals surface area contributed by atoms with Crippen LogP contribution in [-0.4, -0.2) is 84.0 Å². The quantitative estimate of drug-likeness (QED) is 0.426. The van der Waals surface area contributed by atoms with Crippen LogP contribution in [0.3, 0.4) is 0 Å². The molecule has 10 nitrogen and oxygen atoms in total. The number of nitrogens with zero attached hydrogens (tertiary/aromatic N) is 5. The van der Waals surface area contributed by atoms with Crippen LogP contribution in [0.15, 0.2) is 46.0 Å². The SMILES string of the molecule is CC(=NCc1ccc(C(CC2CC2)N2CCN(C(=O)OC(C)(C)C)CC2)cc1)N=C1C(=CN)COC(=O)N1C. The van der Waals surface area contributed by atoms with Crippen LogP contribution in [0.5, 0.6) is 0 Å². The number of carbonyl (C=O) groups excluding carboxylic acids is 2. The second-order valence-corrected chi connectivity index (χ2v) is 11.5. The number of benzene rings is 1. The van der Waals surface area contributed by atoms with E-state index in [1.165, 1.54) is 29.5 Å². The van der Waals surface area contributed by atoms with Crippen LogP contribution in [0, 0.1) is 5.92 Å². The van der Waals surface area contributed by atoms with Gasteiger partial charge in [-0.3, -0.25) is 14.8 Å². The highest BCUT2D eigenvalue weighted by Crippen LogP contribution is 2.40. The van der Waals surface area contributed by atoms with Gasteiger partial charge in [0.05, 0.1) is 6.54 Å². The Bertz CT molecular complexity index is 1130. The third-order valence-corrected chi connectivity index (χ3v) is 7.21. The van der Waals surface area contributed by atoms with Crippen molar-refractivity contribution < 1.29 is 19.1 Å². The van der Waals surface area contributed by atoms with Gasteiger partial charge in [0, 0.05) is 51.0 Å². The molecule has 3 fully saturated rings. The molecule has 2 aliphatic heterocycles. The maximum absolute atomic E-state index is 12.5. The van der Waals surface area contributed by atoms with E-state index < -0.39 is 11.7 Å². The minimum Gasteiger partial charge on any atom is -0.444 e. The molecule has 39 heavy (non-hydrogen) atoms. The standard InChI is InChI=1S/C29H42N6O4/c1-20(32-26-24(17-30)19-38-27(36)33(26)5)31-18-22-8-10-23(11-9-22)25(16-21-6-7-21)34-12-14-35(15-13-34)28(37)39-29(2,3)4/h8-11,17,21,25H,6-7,12-16,18-19,30H2,1-5H3. The van der Waals surface area contributed by atoms with Crippen LogP contribution in [0.25, 0.3) is 0 Å². The minimum atomic E-state index is -0.481. The van der Waals surface area contributed by atoms with Crippen molar-refractivity contribution in [3.63, 3.8) is 0 Å². The lowest BCUT2D eigenvalue weighted by molar-refractivity contribution is 0.00941. The van der Waals surface area contributed by atoms with Gasteiger partial charge in [0.1, 0.15) is 23.9 Å². The van der Waals surface area contributed by atoms with E-state index in [9.17, 15) is 9.59 Å². The lowest BCUT2D eigenvalue weighted by Gasteiger charge is -2.40. The smallest absolute Gasteiger partial charge is 0.415 e. The summed E-state index contributed by atoms with van der Waals surface area (Å²) in [6, 6.07) is 9.02. The van der Waals surface area contributed by atoms with Crippen molar-refractivity contribution in [1.29, 1.82) is 0 Å². The topological polar surface area (TPSA) is 113 Å². The fourth-order valence-corrected chi connectivity index (χ4v) is 4.82. The molecule has 10 heteroatoms. The summed E-state index contributed by atoms with van der Waals surface area (Å²) >= 11 is 0. The number of amides is 2. The van der Waals surface area contributed by atoms with Gasteiger partial charge in [-0.2, -0.15) is 0 Å². The van der Waals surface area contributed by atoms with E-state index in [0.717, 1.165) is 31.0 Å². The first-order valence-electron chi connectivity index (χ1n) is 13.8. The summed E-state index contributed by atoms with van der Waals surface area (Å²) in [5, 5.41) is 0. The maximum atomic E-state index is 12.5. The first-order chi connectivity index (χ1) is 18.5. The number of carbonyl (C=O) groups is 2. The first-order valence-corrected chi connectivity index (χ1v) is 13.8. The molecule has 1 saturated carbocycles. The molecule has 2 heterocycles. The molecule has 0 spiro atoms. The molecular weight excluding hydrogens is 496 g/mol. The van der Waals surface area contributed by atoms with Crippen molar-refractivity contribution >= 4 is 23.9 Å². The second kappa shape index (κ2) is 12.2. The number of hydrogen-bond donors (Lipinski definition) is 1. The van der Waals surface area contributed by atoms with Gasteiger partial charge in [-0.1, -0.05) is 37.1 Å². The zero-order chi connectivity index (χ0) is 28.2. The molecule has 4 rings (SSSR count). The summed E-state index contributed by atoms with van der Waals surface area (Å²) in [5.74, 6) is 1.80. The van der Waals surface area contributed by atoms with Gasteiger partial charge in [0.2, 0.25) is 0 Å². The second-order valence-electron chi connectivity index (χ2n) is 11.5. The monoisotopic (exact) mass is 538 g/mol. The summed E-state index contributed by atoms with van der Waals surface area (Å²) in [5.41, 5.74) is 8.24. The third kappa shape index (κ3) is 7.81. The molecule has 1 unspecified atom stereocenters. The number of cyclic esters (lactones) is 1. The number of nitrogens with two attached hydrogens (primary N) is 1. The summed E-state index contributed by atoms with van der Waals surface area (Å²) in [6.45, 7) is 11.1. The fourth-order valence-electron chi connectivity index (χ4n) is 4.82. The van der Waals surface area contributed by atoms with Crippen molar-refractivity contribution in [2.24, 2.45) is 21.6 Å². The summed E-state index contributed by atoms with van der Waals surface area (Å²) in [7, 11) is 1.60. The lowest BCUT2D eigenvalue weighted by atomic mass is 9.97. The lowest BCUT2D eigenvalue weighted by Crippen LogP contribution is -2.50. The predicted molar refractivity (Wildman–Crippen MR) is 152 cm³/mol. The predicted octanol–water partition coefficient (Wildman–Crippen LogP) is 4.32. The Morgan fingerprint density at radius 1 is 1.18 bits per heavy atom. The van der Waals surface area contributed by atoms with Crippen molar-refractivity contribution in [2.45, 2.75) is 65.1 Å². The van der Waals surface area contributed by atoms with E-state index in [2.05, 4.69) is 39.2 Å². The van der Waals surface area contributed by atoms with Crippen molar-refractivity contribution in [2.75, 3.05) is 39.8 Å². The van der Waals surface area contributed by atoms with E-state index in [1.54, 1.807) is 7.05 Å². The van der Waals surface area contributed by atoms with Gasteiger partial charge in [-0.15, -0.1) is 0 Å².